The average Bonchev–Trinajstić information content (AvgIpc) is 2.69. The minimum absolute atomic E-state index is 0.203. The third-order valence-electron chi connectivity index (χ3n) is 2.80. The van der Waals surface area contributed by atoms with E-state index in [2.05, 4.69) is 15.4 Å². The molecule has 0 aliphatic rings. The Hall–Kier alpha value is -1.39. The van der Waals surface area contributed by atoms with Gasteiger partial charge in [-0.15, -0.1) is 5.10 Å². The maximum Gasteiger partial charge on any atom is 0.306 e. The summed E-state index contributed by atoms with van der Waals surface area (Å²) < 4.78 is 0. The Kier molecular flexibility index (Phi) is 4.27. The molecule has 0 radical (unpaired) electrons. The third kappa shape index (κ3) is 3.69. The summed E-state index contributed by atoms with van der Waals surface area (Å²) in [5.41, 5.74) is 0.935. The van der Waals surface area contributed by atoms with E-state index >= 15 is 0 Å². The predicted octanol–water partition coefficient (Wildman–Crippen LogP) is 1.48. The first kappa shape index (κ1) is 11.7. The van der Waals surface area contributed by atoms with Crippen LogP contribution in [0.1, 0.15) is 32.4 Å². The van der Waals surface area contributed by atoms with Gasteiger partial charge in [0.05, 0.1) is 11.6 Å². The summed E-state index contributed by atoms with van der Waals surface area (Å²) in [6.45, 7) is 3.73. The molecule has 0 fully saturated rings. The summed E-state index contributed by atoms with van der Waals surface area (Å²) in [5, 5.41) is 18.9. The van der Waals surface area contributed by atoms with E-state index in [0.29, 0.717) is 0 Å². The molecule has 2 N–H and O–H groups in total. The summed E-state index contributed by atoms with van der Waals surface area (Å²) in [6.07, 6.45) is 4.48. The van der Waals surface area contributed by atoms with Gasteiger partial charge in [-0.1, -0.05) is 19.1 Å². The van der Waals surface area contributed by atoms with E-state index < -0.39 is 5.97 Å². The fourth-order valence-corrected chi connectivity index (χ4v) is 1.45. The fourth-order valence-electron chi connectivity index (χ4n) is 1.45. The van der Waals surface area contributed by atoms with Crippen molar-refractivity contribution >= 4 is 5.97 Å². The lowest BCUT2D eigenvalue weighted by molar-refractivity contribution is -0.142. The molecule has 0 saturated heterocycles. The van der Waals surface area contributed by atoms with Crippen LogP contribution >= 0.6 is 0 Å². The lowest BCUT2D eigenvalue weighted by Gasteiger charge is -2.14. The molecular formula is C10H17N3O2. The number of aromatic amines is 1. The smallest absolute Gasteiger partial charge is 0.306 e. The van der Waals surface area contributed by atoms with E-state index in [1.807, 2.05) is 6.92 Å². The maximum atomic E-state index is 10.7. The highest BCUT2D eigenvalue weighted by Gasteiger charge is 2.18. The number of carboxylic acids is 1. The Bertz CT molecular complexity index is 298. The largest absolute Gasteiger partial charge is 0.481 e. The molecule has 0 spiro atoms. The summed E-state index contributed by atoms with van der Waals surface area (Å²) in [4.78, 5) is 10.7. The molecule has 5 heteroatoms. The maximum absolute atomic E-state index is 10.7. The first-order valence-electron chi connectivity index (χ1n) is 5.19. The highest BCUT2D eigenvalue weighted by molar-refractivity contribution is 5.69. The second-order valence-electron chi connectivity index (χ2n) is 3.96. The van der Waals surface area contributed by atoms with Crippen LogP contribution in [0.4, 0.5) is 0 Å². The topological polar surface area (TPSA) is 78.9 Å². The van der Waals surface area contributed by atoms with Crippen LogP contribution in [0.3, 0.4) is 0 Å². The van der Waals surface area contributed by atoms with Crippen LogP contribution in [-0.2, 0) is 11.2 Å². The number of H-pyrrole nitrogens is 1. The predicted molar refractivity (Wildman–Crippen MR) is 55.3 cm³/mol. The summed E-state index contributed by atoms with van der Waals surface area (Å²) in [6, 6.07) is 0. The Morgan fingerprint density at radius 1 is 1.60 bits per heavy atom. The number of hydrogen-bond donors (Lipinski definition) is 2. The van der Waals surface area contributed by atoms with Crippen LogP contribution in [0.5, 0.6) is 0 Å². The Morgan fingerprint density at radius 3 is 2.87 bits per heavy atom. The van der Waals surface area contributed by atoms with E-state index in [9.17, 15) is 4.79 Å². The van der Waals surface area contributed by atoms with Crippen LogP contribution in [0, 0.1) is 11.8 Å². The molecule has 0 saturated carbocycles. The zero-order chi connectivity index (χ0) is 11.3. The zero-order valence-corrected chi connectivity index (χ0v) is 9.10. The van der Waals surface area contributed by atoms with Crippen LogP contribution in [0.25, 0.3) is 0 Å². The molecule has 15 heavy (non-hydrogen) atoms. The van der Waals surface area contributed by atoms with Crippen molar-refractivity contribution in [2.75, 3.05) is 0 Å². The Morgan fingerprint density at radius 2 is 2.33 bits per heavy atom. The molecule has 1 rings (SSSR count). The Balaban J connectivity index is 2.22. The molecule has 0 aliphatic heterocycles. The van der Waals surface area contributed by atoms with Gasteiger partial charge in [-0.2, -0.15) is 0 Å². The van der Waals surface area contributed by atoms with Gasteiger partial charge in [0.1, 0.15) is 0 Å². The second-order valence-corrected chi connectivity index (χ2v) is 3.96. The van der Waals surface area contributed by atoms with E-state index in [-0.39, 0.29) is 11.8 Å². The lowest BCUT2D eigenvalue weighted by atomic mass is 9.91. The SMILES string of the molecule is CC(CCCc1c[nH]nn1)C(C)C(=O)O. The number of aliphatic carboxylic acids is 1. The summed E-state index contributed by atoms with van der Waals surface area (Å²) >= 11 is 0. The molecule has 1 heterocycles. The van der Waals surface area contributed by atoms with Gasteiger partial charge in [0.15, 0.2) is 0 Å². The summed E-state index contributed by atoms with van der Waals surface area (Å²) in [5.74, 6) is -0.791. The number of aryl methyl sites for hydroxylation is 1. The van der Waals surface area contributed by atoms with Gasteiger partial charge >= 0.3 is 5.97 Å². The van der Waals surface area contributed by atoms with Crippen LogP contribution in [0.2, 0.25) is 0 Å². The van der Waals surface area contributed by atoms with E-state index in [0.717, 1.165) is 25.0 Å². The van der Waals surface area contributed by atoms with Crippen molar-refractivity contribution in [1.82, 2.24) is 15.4 Å². The molecule has 0 aromatic carbocycles. The molecule has 0 aliphatic carbocycles. The molecule has 1 aromatic heterocycles. The second kappa shape index (κ2) is 5.48. The molecule has 0 bridgehead atoms. The van der Waals surface area contributed by atoms with Gasteiger partial charge in [-0.3, -0.25) is 9.89 Å². The van der Waals surface area contributed by atoms with Crippen molar-refractivity contribution in [2.24, 2.45) is 11.8 Å². The van der Waals surface area contributed by atoms with E-state index in [1.165, 1.54) is 0 Å². The van der Waals surface area contributed by atoms with Crippen molar-refractivity contribution in [1.29, 1.82) is 0 Å². The highest BCUT2D eigenvalue weighted by atomic mass is 16.4. The monoisotopic (exact) mass is 211 g/mol. The number of hydrogen-bond acceptors (Lipinski definition) is 3. The standard InChI is InChI=1S/C10H17N3O2/c1-7(8(2)10(14)15)4-3-5-9-6-11-13-12-9/h6-8H,3-5H2,1-2H3,(H,14,15)(H,11,12,13). The van der Waals surface area contributed by atoms with Gasteiger partial charge in [0.2, 0.25) is 0 Å². The van der Waals surface area contributed by atoms with Crippen LogP contribution in [0.15, 0.2) is 6.20 Å². The number of aromatic nitrogens is 3. The van der Waals surface area contributed by atoms with E-state index in [4.69, 9.17) is 5.11 Å². The number of rotatable bonds is 6. The lowest BCUT2D eigenvalue weighted by Crippen LogP contribution is -2.18. The molecule has 2 unspecified atom stereocenters. The zero-order valence-electron chi connectivity index (χ0n) is 9.10. The molecular weight excluding hydrogens is 194 g/mol. The number of nitrogens with one attached hydrogen (secondary N) is 1. The molecule has 0 amide bonds. The molecule has 5 nitrogen and oxygen atoms in total. The van der Waals surface area contributed by atoms with Crippen molar-refractivity contribution < 1.29 is 9.90 Å². The van der Waals surface area contributed by atoms with E-state index in [1.54, 1.807) is 13.1 Å². The van der Waals surface area contributed by atoms with Gasteiger partial charge in [-0.25, -0.2) is 0 Å². The minimum Gasteiger partial charge on any atom is -0.481 e. The van der Waals surface area contributed by atoms with Crippen LogP contribution < -0.4 is 0 Å². The minimum atomic E-state index is -0.719. The van der Waals surface area contributed by atoms with Gasteiger partial charge < -0.3 is 5.11 Å². The number of nitrogens with zero attached hydrogens (tertiary/aromatic N) is 2. The van der Waals surface area contributed by atoms with Gasteiger partial charge in [-0.05, 0) is 25.2 Å². The molecule has 84 valence electrons. The highest BCUT2D eigenvalue weighted by Crippen LogP contribution is 2.17. The Labute approximate surface area is 88.9 Å². The fraction of sp³-hybridized carbons (Fsp3) is 0.700. The van der Waals surface area contributed by atoms with Gasteiger partial charge in [0.25, 0.3) is 0 Å². The number of carboxylic acid groups (broad SMARTS) is 1. The molecule has 2 atom stereocenters. The van der Waals surface area contributed by atoms with Crippen molar-refractivity contribution in [3.8, 4) is 0 Å². The first-order chi connectivity index (χ1) is 7.11. The summed E-state index contributed by atoms with van der Waals surface area (Å²) in [7, 11) is 0. The first-order valence-corrected chi connectivity index (χ1v) is 5.19. The normalized spacial score (nSPS) is 14.8. The van der Waals surface area contributed by atoms with Crippen molar-refractivity contribution in [2.45, 2.75) is 33.1 Å². The van der Waals surface area contributed by atoms with Crippen molar-refractivity contribution in [3.05, 3.63) is 11.9 Å². The van der Waals surface area contributed by atoms with Crippen molar-refractivity contribution in [3.63, 3.8) is 0 Å². The van der Waals surface area contributed by atoms with Crippen LogP contribution in [-0.4, -0.2) is 26.5 Å². The van der Waals surface area contributed by atoms with Gasteiger partial charge in [0, 0.05) is 6.20 Å². The number of carbonyl (C=O) groups is 1. The average molecular weight is 211 g/mol. The third-order valence-corrected chi connectivity index (χ3v) is 2.80. The molecule has 1 aromatic rings. The quantitative estimate of drug-likeness (QED) is 0.747.